The highest BCUT2D eigenvalue weighted by Crippen LogP contribution is 2.28. The smallest absolute Gasteiger partial charge is 0.161 e. The Hall–Kier alpha value is -2.01. The van der Waals surface area contributed by atoms with Crippen LogP contribution < -0.4 is 14.8 Å². The molecular formula is C20H22ClNO2S. The van der Waals surface area contributed by atoms with Crippen molar-refractivity contribution in [2.45, 2.75) is 19.7 Å². The number of halogens is 1. The predicted molar refractivity (Wildman–Crippen MR) is 106 cm³/mol. The second-order valence-electron chi connectivity index (χ2n) is 5.44. The summed E-state index contributed by atoms with van der Waals surface area (Å²) < 4.78 is 11.4. The molecular weight excluding hydrogens is 354 g/mol. The van der Waals surface area contributed by atoms with Crippen LogP contribution in [-0.2, 0) is 19.7 Å². The Balaban J connectivity index is 0.00000225. The summed E-state index contributed by atoms with van der Waals surface area (Å²) in [5.41, 5.74) is 2.32. The van der Waals surface area contributed by atoms with E-state index in [0.29, 0.717) is 6.61 Å². The first-order chi connectivity index (χ1) is 11.8. The van der Waals surface area contributed by atoms with Gasteiger partial charge in [-0.15, -0.1) is 23.7 Å². The lowest BCUT2D eigenvalue weighted by molar-refractivity contribution is 0.284. The molecule has 0 fully saturated rings. The summed E-state index contributed by atoms with van der Waals surface area (Å²) in [7, 11) is 1.67. The van der Waals surface area contributed by atoms with Crippen LogP contribution in [0.1, 0.15) is 16.0 Å². The minimum absolute atomic E-state index is 0. The molecule has 1 N–H and O–H groups in total. The molecule has 0 aliphatic heterocycles. The van der Waals surface area contributed by atoms with Gasteiger partial charge in [0.1, 0.15) is 6.61 Å². The van der Waals surface area contributed by atoms with Gasteiger partial charge in [-0.1, -0.05) is 42.5 Å². The van der Waals surface area contributed by atoms with E-state index in [-0.39, 0.29) is 12.4 Å². The largest absolute Gasteiger partial charge is 0.493 e. The Morgan fingerprint density at radius 2 is 1.72 bits per heavy atom. The fourth-order valence-electron chi connectivity index (χ4n) is 2.42. The van der Waals surface area contributed by atoms with E-state index in [0.717, 1.165) is 30.2 Å². The second-order valence-corrected chi connectivity index (χ2v) is 6.47. The molecule has 0 spiro atoms. The van der Waals surface area contributed by atoms with Crippen LogP contribution in [0.5, 0.6) is 11.5 Å². The number of benzene rings is 2. The number of thiophene rings is 1. The molecule has 0 amide bonds. The Kier molecular flexibility index (Phi) is 7.79. The van der Waals surface area contributed by atoms with E-state index in [1.54, 1.807) is 18.4 Å². The number of rotatable bonds is 8. The lowest BCUT2D eigenvalue weighted by Crippen LogP contribution is -2.11. The Morgan fingerprint density at radius 3 is 2.44 bits per heavy atom. The van der Waals surface area contributed by atoms with Crippen molar-refractivity contribution >= 4 is 23.7 Å². The summed E-state index contributed by atoms with van der Waals surface area (Å²) >= 11 is 1.77. The highest BCUT2D eigenvalue weighted by molar-refractivity contribution is 7.09. The van der Waals surface area contributed by atoms with Crippen LogP contribution in [0.4, 0.5) is 0 Å². The molecule has 0 unspecified atom stereocenters. The fourth-order valence-corrected chi connectivity index (χ4v) is 3.09. The van der Waals surface area contributed by atoms with Crippen molar-refractivity contribution in [1.29, 1.82) is 0 Å². The van der Waals surface area contributed by atoms with Gasteiger partial charge in [0.15, 0.2) is 11.5 Å². The zero-order chi connectivity index (χ0) is 16.6. The Bertz CT molecular complexity index is 748. The molecule has 0 aliphatic carbocycles. The van der Waals surface area contributed by atoms with E-state index < -0.39 is 0 Å². The number of hydrogen-bond acceptors (Lipinski definition) is 4. The topological polar surface area (TPSA) is 30.5 Å². The predicted octanol–water partition coefficient (Wildman–Crippen LogP) is 5.05. The van der Waals surface area contributed by atoms with Gasteiger partial charge in [-0.05, 0) is 34.7 Å². The number of nitrogens with one attached hydrogen (secondary N) is 1. The average molecular weight is 376 g/mol. The molecule has 1 aromatic heterocycles. The van der Waals surface area contributed by atoms with Crippen molar-refractivity contribution < 1.29 is 9.47 Å². The van der Waals surface area contributed by atoms with Crippen LogP contribution in [0.3, 0.4) is 0 Å². The van der Waals surface area contributed by atoms with E-state index in [1.807, 2.05) is 30.3 Å². The standard InChI is InChI=1S/C20H21NO2S.ClH/c1-22-20-12-17(13-21-14-18-8-5-11-24-18)9-10-19(20)23-15-16-6-3-2-4-7-16;/h2-12,21H,13-15H2,1H3;1H. The van der Waals surface area contributed by atoms with Crippen LogP contribution >= 0.6 is 23.7 Å². The normalized spacial score (nSPS) is 10.1. The molecule has 3 rings (SSSR count). The summed E-state index contributed by atoms with van der Waals surface area (Å²) in [6.07, 6.45) is 0. The molecule has 3 aromatic rings. The van der Waals surface area contributed by atoms with Crippen molar-refractivity contribution in [3.05, 3.63) is 82.0 Å². The van der Waals surface area contributed by atoms with Crippen molar-refractivity contribution in [1.82, 2.24) is 5.32 Å². The maximum atomic E-state index is 5.89. The highest BCUT2D eigenvalue weighted by atomic mass is 35.5. The summed E-state index contributed by atoms with van der Waals surface area (Å²) in [5, 5.41) is 5.54. The van der Waals surface area contributed by atoms with Crippen molar-refractivity contribution in [3.8, 4) is 11.5 Å². The van der Waals surface area contributed by atoms with Gasteiger partial charge in [0, 0.05) is 18.0 Å². The first kappa shape index (κ1) is 19.3. The third-order valence-corrected chi connectivity index (χ3v) is 4.55. The minimum atomic E-state index is 0. The monoisotopic (exact) mass is 375 g/mol. The Morgan fingerprint density at radius 1 is 0.880 bits per heavy atom. The second kappa shape index (κ2) is 10.1. The van der Waals surface area contributed by atoms with Gasteiger partial charge in [0.05, 0.1) is 7.11 Å². The van der Waals surface area contributed by atoms with Gasteiger partial charge in [0.2, 0.25) is 0 Å². The van der Waals surface area contributed by atoms with Crippen molar-refractivity contribution in [2.24, 2.45) is 0 Å². The summed E-state index contributed by atoms with van der Waals surface area (Å²) in [4.78, 5) is 1.34. The quantitative estimate of drug-likeness (QED) is 0.597. The SMILES string of the molecule is COc1cc(CNCc2cccs2)ccc1OCc1ccccc1.Cl. The van der Waals surface area contributed by atoms with Crippen LogP contribution in [0.2, 0.25) is 0 Å². The van der Waals surface area contributed by atoms with E-state index in [1.165, 1.54) is 10.4 Å². The van der Waals surface area contributed by atoms with Gasteiger partial charge < -0.3 is 14.8 Å². The zero-order valence-corrected chi connectivity index (χ0v) is 15.7. The molecule has 0 bridgehead atoms. The first-order valence-corrected chi connectivity index (χ1v) is 8.80. The molecule has 1 heterocycles. The molecule has 0 radical (unpaired) electrons. The van der Waals surface area contributed by atoms with Crippen LogP contribution in [0.15, 0.2) is 66.0 Å². The summed E-state index contributed by atoms with van der Waals surface area (Å²) in [6, 6.07) is 20.4. The molecule has 0 saturated carbocycles. The van der Waals surface area contributed by atoms with Crippen molar-refractivity contribution in [3.63, 3.8) is 0 Å². The molecule has 132 valence electrons. The maximum absolute atomic E-state index is 5.89. The number of hydrogen-bond donors (Lipinski definition) is 1. The van der Waals surface area contributed by atoms with Gasteiger partial charge in [-0.25, -0.2) is 0 Å². The molecule has 25 heavy (non-hydrogen) atoms. The van der Waals surface area contributed by atoms with Gasteiger partial charge in [-0.3, -0.25) is 0 Å². The molecule has 0 saturated heterocycles. The van der Waals surface area contributed by atoms with Crippen LogP contribution in [0.25, 0.3) is 0 Å². The number of ether oxygens (including phenoxy) is 2. The summed E-state index contributed by atoms with van der Waals surface area (Å²) in [5.74, 6) is 1.53. The van der Waals surface area contributed by atoms with E-state index in [4.69, 9.17) is 9.47 Å². The molecule has 3 nitrogen and oxygen atoms in total. The average Bonchev–Trinajstić information content (AvgIpc) is 3.15. The third kappa shape index (κ3) is 5.78. The zero-order valence-electron chi connectivity index (χ0n) is 14.1. The van der Waals surface area contributed by atoms with Gasteiger partial charge in [-0.2, -0.15) is 0 Å². The summed E-state index contributed by atoms with van der Waals surface area (Å²) in [6.45, 7) is 2.21. The highest BCUT2D eigenvalue weighted by Gasteiger charge is 2.06. The number of methoxy groups -OCH3 is 1. The van der Waals surface area contributed by atoms with Crippen molar-refractivity contribution in [2.75, 3.05) is 7.11 Å². The third-order valence-electron chi connectivity index (χ3n) is 3.67. The van der Waals surface area contributed by atoms with E-state index in [2.05, 4.69) is 41.0 Å². The minimum Gasteiger partial charge on any atom is -0.493 e. The lowest BCUT2D eigenvalue weighted by atomic mass is 10.2. The molecule has 0 aliphatic rings. The lowest BCUT2D eigenvalue weighted by Gasteiger charge is -2.12. The molecule has 2 aromatic carbocycles. The van der Waals surface area contributed by atoms with E-state index in [9.17, 15) is 0 Å². The maximum Gasteiger partial charge on any atom is 0.161 e. The van der Waals surface area contributed by atoms with Crippen LogP contribution in [0, 0.1) is 0 Å². The van der Waals surface area contributed by atoms with E-state index >= 15 is 0 Å². The fraction of sp³-hybridized carbons (Fsp3) is 0.200. The molecule has 0 atom stereocenters. The Labute approximate surface area is 159 Å². The van der Waals surface area contributed by atoms with Gasteiger partial charge >= 0.3 is 0 Å². The van der Waals surface area contributed by atoms with Gasteiger partial charge in [0.25, 0.3) is 0 Å². The van der Waals surface area contributed by atoms with Crippen LogP contribution in [-0.4, -0.2) is 7.11 Å². The molecule has 5 heteroatoms. The first-order valence-electron chi connectivity index (χ1n) is 7.92.